The molecule has 0 unspecified atom stereocenters. The van der Waals surface area contributed by atoms with Crippen molar-refractivity contribution in [3.05, 3.63) is 35.6 Å². The lowest BCUT2D eigenvalue weighted by Gasteiger charge is -2.60. The molecule has 1 aromatic carbocycles. The smallest absolute Gasteiger partial charge is 0.304 e. The maximum absolute atomic E-state index is 13.3. The van der Waals surface area contributed by atoms with Crippen LogP contribution in [0.5, 0.6) is 0 Å². The quantitative estimate of drug-likeness (QED) is 0.654. The summed E-state index contributed by atoms with van der Waals surface area (Å²) in [7, 11) is 0. The zero-order chi connectivity index (χ0) is 19.7. The third kappa shape index (κ3) is 4.22. The number of carbonyl (C=O) groups excluding carboxylic acids is 1. The van der Waals surface area contributed by atoms with Crippen molar-refractivity contribution in [3.8, 4) is 0 Å². The summed E-state index contributed by atoms with van der Waals surface area (Å²) in [6.07, 6.45) is 7.28. The van der Waals surface area contributed by atoms with Gasteiger partial charge in [-0.2, -0.15) is 11.8 Å². The van der Waals surface area contributed by atoms with Crippen LogP contribution in [-0.2, 0) is 16.1 Å². The van der Waals surface area contributed by atoms with Crippen LogP contribution in [0, 0.1) is 23.6 Å². The van der Waals surface area contributed by atoms with Gasteiger partial charge < -0.3 is 10.0 Å². The fourth-order valence-electron chi connectivity index (χ4n) is 6.09. The normalized spacial score (nSPS) is 30.4. The summed E-state index contributed by atoms with van der Waals surface area (Å²) < 4.78 is 13.3. The van der Waals surface area contributed by atoms with Gasteiger partial charge in [-0.15, -0.1) is 0 Å². The van der Waals surface area contributed by atoms with Gasteiger partial charge in [0.05, 0.1) is 12.2 Å². The first-order valence-electron chi connectivity index (χ1n) is 10.3. The molecular weight excluding hydrogens is 377 g/mol. The van der Waals surface area contributed by atoms with E-state index in [1.165, 1.54) is 43.2 Å². The molecule has 0 saturated heterocycles. The minimum atomic E-state index is -0.829. The molecule has 4 aliphatic rings. The fraction of sp³-hybridized carbons (Fsp3) is 0.636. The number of benzene rings is 1. The molecule has 0 radical (unpaired) electrons. The molecular formula is C22H28FNO3S. The number of rotatable bonds is 8. The van der Waals surface area contributed by atoms with Crippen molar-refractivity contribution < 1.29 is 19.1 Å². The highest BCUT2D eigenvalue weighted by Gasteiger charge is 2.54. The SMILES string of the molecule is O=C(O)CCSCC(=O)N(Cc1ccc(F)cc1)C12CC3CC(CC(C3)C1)C2. The van der Waals surface area contributed by atoms with Crippen LogP contribution in [0.15, 0.2) is 24.3 Å². The van der Waals surface area contributed by atoms with Crippen LogP contribution in [0.25, 0.3) is 0 Å². The summed E-state index contributed by atoms with van der Waals surface area (Å²) in [5, 5.41) is 8.82. The molecule has 6 heteroatoms. The second-order valence-electron chi connectivity index (χ2n) is 8.94. The number of hydrogen-bond acceptors (Lipinski definition) is 3. The van der Waals surface area contributed by atoms with Gasteiger partial charge in [-0.1, -0.05) is 12.1 Å². The number of carboxylic acid groups (broad SMARTS) is 1. The average molecular weight is 406 g/mol. The highest BCUT2D eigenvalue weighted by Crippen LogP contribution is 2.58. The van der Waals surface area contributed by atoms with Crippen LogP contribution >= 0.6 is 11.8 Å². The third-order valence-corrected chi connectivity index (χ3v) is 7.76. The molecule has 4 aliphatic carbocycles. The van der Waals surface area contributed by atoms with Crippen molar-refractivity contribution >= 4 is 23.6 Å². The van der Waals surface area contributed by atoms with E-state index in [2.05, 4.69) is 4.90 Å². The molecule has 4 fully saturated rings. The highest BCUT2D eigenvalue weighted by molar-refractivity contribution is 7.99. The van der Waals surface area contributed by atoms with Crippen molar-refractivity contribution in [3.63, 3.8) is 0 Å². The van der Waals surface area contributed by atoms with E-state index in [0.717, 1.165) is 42.6 Å². The van der Waals surface area contributed by atoms with Crippen molar-refractivity contribution in [2.45, 2.75) is 57.0 Å². The lowest BCUT2D eigenvalue weighted by Crippen LogP contribution is -2.61. The molecule has 28 heavy (non-hydrogen) atoms. The van der Waals surface area contributed by atoms with Gasteiger partial charge in [0.15, 0.2) is 0 Å². The summed E-state index contributed by atoms with van der Waals surface area (Å²) >= 11 is 1.40. The molecule has 4 nitrogen and oxygen atoms in total. The summed E-state index contributed by atoms with van der Waals surface area (Å²) in [5.41, 5.74) is 0.897. The minimum absolute atomic E-state index is 0.0619. The van der Waals surface area contributed by atoms with Crippen LogP contribution in [-0.4, -0.2) is 38.9 Å². The van der Waals surface area contributed by atoms with E-state index in [9.17, 15) is 14.0 Å². The van der Waals surface area contributed by atoms with Gasteiger partial charge >= 0.3 is 5.97 Å². The number of thioether (sulfide) groups is 1. The molecule has 0 heterocycles. The number of halogens is 1. The van der Waals surface area contributed by atoms with Crippen molar-refractivity contribution in [1.82, 2.24) is 4.90 Å². The summed E-state index contributed by atoms with van der Waals surface area (Å²) in [5.74, 6) is 1.97. The standard InChI is InChI=1S/C22H28FNO3S/c23-19-3-1-15(2-4-19)13-24(20(25)14-28-6-5-21(26)27)22-10-16-7-17(11-22)9-18(8-16)12-22/h1-4,16-18H,5-14H2,(H,26,27). The summed E-state index contributed by atoms with van der Waals surface area (Å²) in [4.78, 5) is 26.1. The second-order valence-corrected chi connectivity index (χ2v) is 10.0. The molecule has 0 aliphatic heterocycles. The lowest BCUT2D eigenvalue weighted by atomic mass is 9.52. The Morgan fingerprint density at radius 1 is 1.07 bits per heavy atom. The molecule has 4 saturated carbocycles. The monoisotopic (exact) mass is 405 g/mol. The first-order valence-corrected chi connectivity index (χ1v) is 11.4. The summed E-state index contributed by atoms with van der Waals surface area (Å²) in [6, 6.07) is 6.46. The maximum Gasteiger partial charge on any atom is 0.304 e. The Kier molecular flexibility index (Phi) is 5.68. The minimum Gasteiger partial charge on any atom is -0.481 e. The van der Waals surface area contributed by atoms with Gasteiger partial charge in [-0.3, -0.25) is 9.59 Å². The van der Waals surface area contributed by atoms with Gasteiger partial charge in [0.2, 0.25) is 5.91 Å². The Bertz CT molecular complexity index is 701. The molecule has 5 rings (SSSR count). The molecule has 1 N–H and O–H groups in total. The molecule has 1 aromatic rings. The van der Waals surface area contributed by atoms with Gasteiger partial charge in [0.1, 0.15) is 5.82 Å². The maximum atomic E-state index is 13.3. The number of hydrogen-bond donors (Lipinski definition) is 1. The summed E-state index contributed by atoms with van der Waals surface area (Å²) in [6.45, 7) is 0.519. The van der Waals surface area contributed by atoms with E-state index in [4.69, 9.17) is 5.11 Å². The number of aliphatic carboxylic acids is 1. The van der Waals surface area contributed by atoms with Crippen LogP contribution in [0.4, 0.5) is 4.39 Å². The molecule has 4 bridgehead atoms. The largest absolute Gasteiger partial charge is 0.481 e. The Balaban J connectivity index is 1.52. The van der Waals surface area contributed by atoms with Gasteiger partial charge in [-0.05, 0) is 74.0 Å². The van der Waals surface area contributed by atoms with Gasteiger partial charge in [0.25, 0.3) is 0 Å². The second kappa shape index (κ2) is 8.05. The Labute approximate surface area is 169 Å². The lowest BCUT2D eigenvalue weighted by molar-refractivity contribution is -0.149. The van der Waals surface area contributed by atoms with E-state index in [-0.39, 0.29) is 23.7 Å². The van der Waals surface area contributed by atoms with Crippen molar-refractivity contribution in [1.29, 1.82) is 0 Å². The topological polar surface area (TPSA) is 57.6 Å². The van der Waals surface area contributed by atoms with E-state index in [1.807, 2.05) is 0 Å². The average Bonchev–Trinajstić information content (AvgIpc) is 2.63. The molecule has 0 spiro atoms. The van der Waals surface area contributed by atoms with E-state index >= 15 is 0 Å². The number of carboxylic acids is 1. The molecule has 0 atom stereocenters. The van der Waals surface area contributed by atoms with E-state index in [0.29, 0.717) is 18.1 Å². The predicted molar refractivity (Wildman–Crippen MR) is 107 cm³/mol. The van der Waals surface area contributed by atoms with Crippen LogP contribution in [0.1, 0.15) is 50.5 Å². The third-order valence-electron chi connectivity index (χ3n) is 6.82. The molecule has 0 aromatic heterocycles. The van der Waals surface area contributed by atoms with Crippen molar-refractivity contribution in [2.75, 3.05) is 11.5 Å². The highest BCUT2D eigenvalue weighted by atomic mass is 32.2. The zero-order valence-electron chi connectivity index (χ0n) is 16.1. The zero-order valence-corrected chi connectivity index (χ0v) is 16.9. The Morgan fingerprint density at radius 3 is 2.18 bits per heavy atom. The number of nitrogens with zero attached hydrogens (tertiary/aromatic N) is 1. The van der Waals surface area contributed by atoms with Crippen molar-refractivity contribution in [2.24, 2.45) is 17.8 Å². The van der Waals surface area contributed by atoms with Gasteiger partial charge in [-0.25, -0.2) is 4.39 Å². The first-order chi connectivity index (χ1) is 13.4. The first kappa shape index (κ1) is 19.7. The Hall–Kier alpha value is -1.56. The van der Waals surface area contributed by atoms with Crippen LogP contribution < -0.4 is 0 Å². The number of amides is 1. The predicted octanol–water partition coefficient (Wildman–Crippen LogP) is 4.33. The van der Waals surface area contributed by atoms with E-state index in [1.54, 1.807) is 12.1 Å². The molecule has 152 valence electrons. The fourth-order valence-corrected chi connectivity index (χ4v) is 6.88. The molecule has 1 amide bonds. The number of carbonyl (C=O) groups is 2. The van der Waals surface area contributed by atoms with Crippen LogP contribution in [0.3, 0.4) is 0 Å². The Morgan fingerprint density at radius 2 is 1.64 bits per heavy atom. The van der Waals surface area contributed by atoms with Gasteiger partial charge in [0, 0.05) is 17.8 Å². The van der Waals surface area contributed by atoms with Crippen LogP contribution in [0.2, 0.25) is 0 Å². The van der Waals surface area contributed by atoms with E-state index < -0.39 is 5.97 Å².